The molecule has 0 unspecified atom stereocenters. The summed E-state index contributed by atoms with van der Waals surface area (Å²) >= 11 is 0. The van der Waals surface area contributed by atoms with Crippen LogP contribution in [0.5, 0.6) is 23.0 Å². The molecular weight excluding hydrogens is 567 g/mol. The Morgan fingerprint density at radius 3 is 1.14 bits per heavy atom. The molecule has 1 aliphatic heterocycles. The summed E-state index contributed by atoms with van der Waals surface area (Å²) in [6.07, 6.45) is 0. The summed E-state index contributed by atoms with van der Waals surface area (Å²) in [7, 11) is 2.93. The minimum Gasteiger partial charge on any atom is -0.497 e. The number of benzene rings is 6. The van der Waals surface area contributed by atoms with Gasteiger partial charge in [-0.3, -0.25) is 0 Å². The molecule has 0 amide bonds. The maximum Gasteiger partial charge on any atom is 0.173 e. The van der Waals surface area contributed by atoms with Crippen LogP contribution in [-0.4, -0.2) is 28.4 Å². The van der Waals surface area contributed by atoms with Crippen molar-refractivity contribution in [1.82, 2.24) is 0 Å². The highest BCUT2D eigenvalue weighted by atomic mass is 31.2. The van der Waals surface area contributed by atoms with E-state index < -0.39 is 7.14 Å². The first-order chi connectivity index (χ1) is 21.5. The van der Waals surface area contributed by atoms with Gasteiger partial charge in [0.15, 0.2) is 7.14 Å². The summed E-state index contributed by atoms with van der Waals surface area (Å²) in [5, 5.41) is 8.36. The normalized spacial score (nSPS) is 13.6. The first-order valence-corrected chi connectivity index (χ1v) is 16.0. The van der Waals surface area contributed by atoms with Crippen LogP contribution in [0.1, 0.15) is 11.1 Å². The van der Waals surface area contributed by atoms with Crippen molar-refractivity contribution in [3.05, 3.63) is 137 Å². The lowest BCUT2D eigenvalue weighted by atomic mass is 9.95. The zero-order valence-corrected chi connectivity index (χ0v) is 25.9. The lowest BCUT2D eigenvalue weighted by Gasteiger charge is -2.23. The monoisotopic (exact) mass is 598 g/mol. The Morgan fingerprint density at radius 2 is 0.773 bits per heavy atom. The van der Waals surface area contributed by atoms with Crippen LogP contribution >= 0.6 is 7.14 Å². The van der Waals surface area contributed by atoms with Gasteiger partial charge < -0.3 is 23.5 Å². The van der Waals surface area contributed by atoms with Crippen molar-refractivity contribution in [2.75, 3.05) is 28.4 Å². The highest BCUT2D eigenvalue weighted by Gasteiger charge is 2.42. The molecule has 0 N–H and O–H groups in total. The number of methoxy groups -OCH3 is 4. The van der Waals surface area contributed by atoms with Crippen LogP contribution in [0.2, 0.25) is 0 Å². The Bertz CT molecular complexity index is 2070. The molecular formula is C38H31O5P. The molecule has 0 aliphatic carbocycles. The topological polar surface area (TPSA) is 54.0 Å². The third-order valence-electron chi connectivity index (χ3n) is 8.41. The molecule has 0 atom stereocenters. The van der Waals surface area contributed by atoms with Crippen LogP contribution in [-0.2, 0) is 4.57 Å². The molecule has 0 saturated heterocycles. The van der Waals surface area contributed by atoms with Crippen LogP contribution in [0.15, 0.2) is 115 Å². The molecule has 0 radical (unpaired) electrons. The van der Waals surface area contributed by atoms with E-state index in [0.717, 1.165) is 59.0 Å². The Kier molecular flexibility index (Phi) is 6.91. The molecule has 0 bridgehead atoms. The van der Waals surface area contributed by atoms with Gasteiger partial charge in [0.2, 0.25) is 0 Å². The number of hydrogen-bond donors (Lipinski definition) is 0. The lowest BCUT2D eigenvalue weighted by Crippen LogP contribution is -2.27. The number of fused-ring (bicyclic) bond motifs is 6. The van der Waals surface area contributed by atoms with Gasteiger partial charge in [0.1, 0.15) is 23.0 Å². The molecule has 0 spiro atoms. The van der Waals surface area contributed by atoms with Gasteiger partial charge in [-0.15, -0.1) is 0 Å². The molecule has 1 aliphatic rings. The molecule has 1 heterocycles. The number of rotatable bonds is 7. The second-order valence-corrected chi connectivity index (χ2v) is 13.3. The van der Waals surface area contributed by atoms with Gasteiger partial charge in [0, 0.05) is 38.5 Å². The average Bonchev–Trinajstić information content (AvgIpc) is 3.38. The molecule has 0 aromatic heterocycles. The highest BCUT2D eigenvalue weighted by Crippen LogP contribution is 2.67. The first-order valence-electron chi connectivity index (χ1n) is 14.3. The van der Waals surface area contributed by atoms with E-state index in [1.54, 1.807) is 28.4 Å². The van der Waals surface area contributed by atoms with Gasteiger partial charge in [-0.25, -0.2) is 0 Å². The van der Waals surface area contributed by atoms with Gasteiger partial charge in [-0.2, -0.15) is 0 Å². The van der Waals surface area contributed by atoms with Crippen molar-refractivity contribution in [3.63, 3.8) is 0 Å². The molecule has 6 aromatic rings. The van der Waals surface area contributed by atoms with E-state index in [1.807, 2.05) is 78.9 Å². The molecule has 5 nitrogen and oxygen atoms in total. The van der Waals surface area contributed by atoms with E-state index in [4.69, 9.17) is 18.9 Å². The van der Waals surface area contributed by atoms with E-state index in [-0.39, 0.29) is 0 Å². The summed E-state index contributed by atoms with van der Waals surface area (Å²) in [5.41, 5.74) is 1.56. The maximum absolute atomic E-state index is 16.6. The average molecular weight is 599 g/mol. The lowest BCUT2D eigenvalue weighted by molar-refractivity contribution is 0.394. The van der Waals surface area contributed by atoms with Gasteiger partial charge in [-0.1, -0.05) is 78.9 Å². The minimum atomic E-state index is -3.59. The summed E-state index contributed by atoms with van der Waals surface area (Å²) in [6, 6.07) is 38.0. The summed E-state index contributed by atoms with van der Waals surface area (Å²) in [5.74, 6) is 2.48. The van der Waals surface area contributed by atoms with E-state index in [0.29, 0.717) is 23.0 Å². The predicted octanol–water partition coefficient (Wildman–Crippen LogP) is 7.04. The SMILES string of the molecule is COc1cc(OC)cc(C2=c3c(c4ccccc4c4ccccc34)=C(c3cc(OC)cc(OC)c3)P2(=O)c2ccccc2)c1. The fourth-order valence-corrected chi connectivity index (χ4v) is 9.91. The van der Waals surface area contributed by atoms with Gasteiger partial charge in [0.05, 0.1) is 28.4 Å². The second kappa shape index (κ2) is 10.9. The predicted molar refractivity (Wildman–Crippen MR) is 178 cm³/mol. The minimum absolute atomic E-state index is 0.620. The number of ether oxygens (including phenoxy) is 4. The smallest absolute Gasteiger partial charge is 0.173 e. The van der Waals surface area contributed by atoms with Gasteiger partial charge in [0.25, 0.3) is 0 Å². The zero-order valence-electron chi connectivity index (χ0n) is 25.0. The Morgan fingerprint density at radius 1 is 0.432 bits per heavy atom. The second-order valence-electron chi connectivity index (χ2n) is 10.7. The molecule has 0 fully saturated rings. The van der Waals surface area contributed by atoms with Crippen LogP contribution in [0.4, 0.5) is 0 Å². The summed E-state index contributed by atoms with van der Waals surface area (Å²) in [6.45, 7) is 0. The van der Waals surface area contributed by atoms with Crippen molar-refractivity contribution in [1.29, 1.82) is 0 Å². The largest absolute Gasteiger partial charge is 0.497 e. The van der Waals surface area contributed by atoms with Gasteiger partial charge in [-0.05, 0) is 56.9 Å². The molecule has 44 heavy (non-hydrogen) atoms. The van der Waals surface area contributed by atoms with Crippen molar-refractivity contribution in [2.45, 2.75) is 0 Å². The molecule has 7 rings (SSSR count). The quantitative estimate of drug-likeness (QED) is 0.146. The summed E-state index contributed by atoms with van der Waals surface area (Å²) < 4.78 is 39.5. The Labute approximate surface area is 256 Å². The van der Waals surface area contributed by atoms with Crippen LogP contribution in [0.3, 0.4) is 0 Å². The maximum atomic E-state index is 16.6. The van der Waals surface area contributed by atoms with Crippen LogP contribution < -0.4 is 34.7 Å². The van der Waals surface area contributed by atoms with Crippen molar-refractivity contribution in [2.24, 2.45) is 0 Å². The summed E-state index contributed by atoms with van der Waals surface area (Å²) in [4.78, 5) is 0. The Balaban J connectivity index is 1.83. The van der Waals surface area contributed by atoms with E-state index in [2.05, 4.69) is 36.4 Å². The van der Waals surface area contributed by atoms with E-state index in [1.165, 1.54) is 0 Å². The van der Waals surface area contributed by atoms with Crippen molar-refractivity contribution in [3.8, 4) is 23.0 Å². The Hall–Kier alpha value is -4.99. The molecule has 0 saturated carbocycles. The fraction of sp³-hybridized carbons (Fsp3) is 0.105. The third kappa shape index (κ3) is 4.19. The third-order valence-corrected chi connectivity index (χ3v) is 11.7. The first kappa shape index (κ1) is 27.8. The van der Waals surface area contributed by atoms with Crippen molar-refractivity contribution < 1.29 is 23.5 Å². The van der Waals surface area contributed by atoms with Gasteiger partial charge >= 0.3 is 0 Å². The highest BCUT2D eigenvalue weighted by molar-refractivity contribution is 7.90. The van der Waals surface area contributed by atoms with Crippen molar-refractivity contribution >= 4 is 44.6 Å². The van der Waals surface area contributed by atoms with Crippen LogP contribution in [0.25, 0.3) is 32.2 Å². The van der Waals surface area contributed by atoms with E-state index in [9.17, 15) is 0 Å². The number of hydrogen-bond acceptors (Lipinski definition) is 5. The molecule has 218 valence electrons. The molecule has 6 heteroatoms. The standard InChI is InChI=1S/C38H31O5P/c1-40-26-18-24(19-27(22-26)41-2)37-35-33-16-10-8-14-31(33)32-15-9-11-17-34(32)36(35)38(44(37,39)30-12-6-5-7-13-30)25-20-28(42-3)23-29(21-25)43-4/h5-23H,1-4H3. The molecule has 6 aromatic carbocycles. The fourth-order valence-electron chi connectivity index (χ4n) is 6.50. The van der Waals surface area contributed by atoms with E-state index >= 15 is 4.57 Å². The van der Waals surface area contributed by atoms with Crippen LogP contribution in [0, 0.1) is 0 Å². The zero-order chi connectivity index (χ0) is 30.4.